The Morgan fingerprint density at radius 3 is 2.69 bits per heavy atom. The average Bonchev–Trinajstić information content (AvgIpc) is 2.03. The van der Waals surface area contributed by atoms with Gasteiger partial charge in [0.2, 0.25) is 0 Å². The molecule has 0 rings (SSSR count). The van der Waals surface area contributed by atoms with E-state index in [1.165, 1.54) is 0 Å². The van der Waals surface area contributed by atoms with Gasteiger partial charge in [-0.25, -0.2) is 0 Å². The van der Waals surface area contributed by atoms with Gasteiger partial charge in [0, 0.05) is 28.4 Å². The maximum absolute atomic E-state index is 11.3. The van der Waals surface area contributed by atoms with Crippen LogP contribution in [-0.4, -0.2) is 39.5 Å². The summed E-state index contributed by atoms with van der Waals surface area (Å²) in [6.07, 6.45) is -0.0429. The highest BCUT2D eigenvalue weighted by Crippen LogP contribution is 2.01. The van der Waals surface area contributed by atoms with E-state index >= 15 is 0 Å². The first-order valence-electron chi connectivity index (χ1n) is 4.24. The van der Waals surface area contributed by atoms with E-state index in [9.17, 15) is 9.00 Å². The van der Waals surface area contributed by atoms with Crippen LogP contribution in [0.15, 0.2) is 0 Å². The van der Waals surface area contributed by atoms with Gasteiger partial charge in [0.25, 0.3) is 0 Å². The molecular weight excluding hydrogens is 192 g/mol. The minimum Gasteiger partial charge on any atom is -0.481 e. The standard InChI is InChI=1S/C8H16O4S/c1-3-12-4-5-13(11)7(2)6-8(9)10/h7H,3-6H2,1-2H3,(H,9,10). The number of carbonyl (C=O) groups is 1. The molecule has 4 nitrogen and oxygen atoms in total. The second kappa shape index (κ2) is 7.03. The molecule has 5 heteroatoms. The van der Waals surface area contributed by atoms with Crippen LogP contribution in [0.5, 0.6) is 0 Å². The van der Waals surface area contributed by atoms with Crippen LogP contribution in [0.1, 0.15) is 20.3 Å². The molecule has 78 valence electrons. The van der Waals surface area contributed by atoms with Crippen molar-refractivity contribution in [1.29, 1.82) is 0 Å². The summed E-state index contributed by atoms with van der Waals surface area (Å²) in [5, 5.41) is 8.15. The Kier molecular flexibility index (Phi) is 6.80. The second-order valence-corrected chi connectivity index (χ2v) is 4.66. The number of rotatable bonds is 7. The number of ether oxygens (including phenoxy) is 1. The third kappa shape index (κ3) is 6.72. The third-order valence-electron chi connectivity index (χ3n) is 1.54. The van der Waals surface area contributed by atoms with Crippen molar-refractivity contribution in [3.8, 4) is 0 Å². The van der Waals surface area contributed by atoms with Crippen LogP contribution in [-0.2, 0) is 20.3 Å². The Hall–Kier alpha value is -0.420. The van der Waals surface area contributed by atoms with Crippen LogP contribution in [0, 0.1) is 0 Å². The minimum atomic E-state index is -1.09. The number of aliphatic carboxylic acids is 1. The molecule has 0 fully saturated rings. The zero-order valence-corrected chi connectivity index (χ0v) is 8.80. The highest BCUT2D eigenvalue weighted by Gasteiger charge is 2.14. The predicted molar refractivity (Wildman–Crippen MR) is 51.2 cm³/mol. The van der Waals surface area contributed by atoms with Gasteiger partial charge in [-0.3, -0.25) is 9.00 Å². The molecule has 2 unspecified atom stereocenters. The summed E-state index contributed by atoms with van der Waals surface area (Å²) in [6.45, 7) is 4.58. The van der Waals surface area contributed by atoms with Crippen molar-refractivity contribution >= 4 is 16.8 Å². The molecule has 0 aliphatic rings. The predicted octanol–water partition coefficient (Wildman–Crippen LogP) is 0.635. The van der Waals surface area contributed by atoms with E-state index in [-0.39, 0.29) is 11.7 Å². The SMILES string of the molecule is CCOCCS(=O)C(C)CC(=O)O. The smallest absolute Gasteiger partial charge is 0.304 e. The van der Waals surface area contributed by atoms with Crippen LogP contribution in [0.2, 0.25) is 0 Å². The monoisotopic (exact) mass is 208 g/mol. The molecule has 0 amide bonds. The number of carboxylic acids is 1. The molecule has 1 N–H and O–H groups in total. The number of hydrogen-bond acceptors (Lipinski definition) is 3. The molecule has 0 saturated carbocycles. The van der Waals surface area contributed by atoms with E-state index in [0.29, 0.717) is 19.0 Å². The number of hydrogen-bond donors (Lipinski definition) is 1. The van der Waals surface area contributed by atoms with E-state index in [2.05, 4.69) is 0 Å². The maximum Gasteiger partial charge on any atom is 0.304 e. The zero-order chi connectivity index (χ0) is 10.3. The van der Waals surface area contributed by atoms with Gasteiger partial charge in [0.15, 0.2) is 0 Å². The minimum absolute atomic E-state index is 0.0429. The van der Waals surface area contributed by atoms with Gasteiger partial charge in [-0.15, -0.1) is 0 Å². The Morgan fingerprint density at radius 2 is 2.23 bits per heavy atom. The van der Waals surface area contributed by atoms with Crippen molar-refractivity contribution in [1.82, 2.24) is 0 Å². The van der Waals surface area contributed by atoms with Gasteiger partial charge in [-0.2, -0.15) is 0 Å². The fourth-order valence-corrected chi connectivity index (χ4v) is 1.84. The summed E-state index contributed by atoms with van der Waals surface area (Å²) >= 11 is 0. The fourth-order valence-electron chi connectivity index (χ4n) is 0.825. The van der Waals surface area contributed by atoms with Crippen LogP contribution < -0.4 is 0 Å². The van der Waals surface area contributed by atoms with Crippen molar-refractivity contribution in [3.63, 3.8) is 0 Å². The van der Waals surface area contributed by atoms with Crippen LogP contribution in [0.4, 0.5) is 0 Å². The van der Waals surface area contributed by atoms with Gasteiger partial charge in [0.1, 0.15) is 0 Å². The highest BCUT2D eigenvalue weighted by atomic mass is 32.2. The molecule has 13 heavy (non-hydrogen) atoms. The van der Waals surface area contributed by atoms with Crippen molar-refractivity contribution in [2.75, 3.05) is 19.0 Å². The first-order chi connectivity index (χ1) is 6.07. The lowest BCUT2D eigenvalue weighted by Crippen LogP contribution is -2.20. The summed E-state index contributed by atoms with van der Waals surface area (Å²) in [4.78, 5) is 10.3. The van der Waals surface area contributed by atoms with Gasteiger partial charge in [-0.05, 0) is 6.92 Å². The summed E-state index contributed by atoms with van der Waals surface area (Å²) in [5.74, 6) is -0.486. The molecule has 2 atom stereocenters. The van der Waals surface area contributed by atoms with Crippen molar-refractivity contribution < 1.29 is 18.8 Å². The van der Waals surface area contributed by atoms with E-state index in [4.69, 9.17) is 9.84 Å². The first kappa shape index (κ1) is 12.6. The molecule has 0 aliphatic carbocycles. The summed E-state index contributed by atoms with van der Waals surface area (Å²) in [5.41, 5.74) is 0. The fraction of sp³-hybridized carbons (Fsp3) is 0.875. The van der Waals surface area contributed by atoms with E-state index in [0.717, 1.165) is 0 Å². The van der Waals surface area contributed by atoms with Gasteiger partial charge < -0.3 is 9.84 Å². The molecule has 0 saturated heterocycles. The molecule has 0 aliphatic heterocycles. The first-order valence-corrected chi connectivity index (χ1v) is 5.62. The van der Waals surface area contributed by atoms with Gasteiger partial charge >= 0.3 is 5.97 Å². The molecule has 0 aromatic heterocycles. The van der Waals surface area contributed by atoms with Crippen LogP contribution in [0.25, 0.3) is 0 Å². The van der Waals surface area contributed by atoms with Crippen molar-refractivity contribution in [2.24, 2.45) is 0 Å². The molecule has 0 radical (unpaired) electrons. The summed E-state index contributed by atoms with van der Waals surface area (Å²) < 4.78 is 16.3. The Morgan fingerprint density at radius 1 is 1.62 bits per heavy atom. The summed E-state index contributed by atoms with van der Waals surface area (Å²) in [6, 6.07) is 0. The molecular formula is C8H16O4S. The maximum atomic E-state index is 11.3. The molecule has 0 heterocycles. The Balaban J connectivity index is 3.63. The third-order valence-corrected chi connectivity index (χ3v) is 3.18. The van der Waals surface area contributed by atoms with Crippen molar-refractivity contribution in [3.05, 3.63) is 0 Å². The lowest BCUT2D eigenvalue weighted by Gasteiger charge is -2.08. The zero-order valence-electron chi connectivity index (χ0n) is 7.99. The van der Waals surface area contributed by atoms with Crippen molar-refractivity contribution in [2.45, 2.75) is 25.5 Å². The highest BCUT2D eigenvalue weighted by molar-refractivity contribution is 7.85. The van der Waals surface area contributed by atoms with Gasteiger partial charge in [-0.1, -0.05) is 6.92 Å². The van der Waals surface area contributed by atoms with E-state index in [1.807, 2.05) is 6.92 Å². The van der Waals surface area contributed by atoms with Crippen LogP contribution >= 0.6 is 0 Å². The topological polar surface area (TPSA) is 63.6 Å². The molecule has 0 spiro atoms. The lowest BCUT2D eigenvalue weighted by molar-refractivity contribution is -0.136. The Labute approximate surface area is 80.7 Å². The average molecular weight is 208 g/mol. The quantitative estimate of drug-likeness (QED) is 0.623. The Bertz CT molecular complexity index is 181. The van der Waals surface area contributed by atoms with E-state index < -0.39 is 16.8 Å². The van der Waals surface area contributed by atoms with E-state index in [1.54, 1.807) is 6.92 Å². The second-order valence-electron chi connectivity index (χ2n) is 2.69. The summed E-state index contributed by atoms with van der Waals surface area (Å²) in [7, 11) is -1.09. The van der Waals surface area contributed by atoms with Crippen LogP contribution in [0.3, 0.4) is 0 Å². The van der Waals surface area contributed by atoms with Gasteiger partial charge in [0.05, 0.1) is 13.0 Å². The lowest BCUT2D eigenvalue weighted by atomic mass is 10.3. The largest absolute Gasteiger partial charge is 0.481 e. The molecule has 0 aromatic rings. The molecule has 0 aromatic carbocycles. The normalized spacial score (nSPS) is 15.2. The molecule has 0 bridgehead atoms. The number of carboxylic acid groups (broad SMARTS) is 1.